The third kappa shape index (κ3) is 2.95. The second kappa shape index (κ2) is 5.58. The zero-order valence-corrected chi connectivity index (χ0v) is 10.5. The van der Waals surface area contributed by atoms with E-state index in [9.17, 15) is 9.18 Å². The molecule has 2 aromatic rings. The van der Waals surface area contributed by atoms with Gasteiger partial charge in [0.25, 0.3) is 5.91 Å². The molecule has 0 aliphatic carbocycles. The van der Waals surface area contributed by atoms with Gasteiger partial charge in [-0.1, -0.05) is 29.8 Å². The summed E-state index contributed by atoms with van der Waals surface area (Å²) in [6.45, 7) is 0. The number of hydrogen-bond donors (Lipinski definition) is 3. The largest absolute Gasteiger partial charge is 0.398 e. The lowest BCUT2D eigenvalue weighted by molar-refractivity contribution is 0.0959. The minimum atomic E-state index is -0.682. The zero-order valence-electron chi connectivity index (χ0n) is 9.78. The minimum absolute atomic E-state index is 0.0680. The van der Waals surface area contributed by atoms with Crippen LogP contribution in [-0.4, -0.2) is 5.91 Å². The molecule has 2 aromatic carbocycles. The van der Waals surface area contributed by atoms with Crippen molar-refractivity contribution in [2.75, 3.05) is 11.2 Å². The van der Waals surface area contributed by atoms with Crippen molar-refractivity contribution in [3.63, 3.8) is 0 Å². The fourth-order valence-electron chi connectivity index (χ4n) is 1.53. The summed E-state index contributed by atoms with van der Waals surface area (Å²) in [6, 6.07) is 10.9. The molecule has 0 atom stereocenters. The fraction of sp³-hybridized carbons (Fsp3) is 0. The van der Waals surface area contributed by atoms with E-state index in [1.54, 1.807) is 24.3 Å². The topological polar surface area (TPSA) is 67.2 Å². The SMILES string of the molecule is Nc1cccc(F)c1C(=O)NNc1ccccc1Cl. The lowest BCUT2D eigenvalue weighted by Gasteiger charge is -2.11. The van der Waals surface area contributed by atoms with Crippen LogP contribution in [0.4, 0.5) is 15.8 Å². The highest BCUT2D eigenvalue weighted by molar-refractivity contribution is 6.33. The molecule has 1 amide bonds. The van der Waals surface area contributed by atoms with Crippen molar-refractivity contribution < 1.29 is 9.18 Å². The van der Waals surface area contributed by atoms with E-state index in [1.807, 2.05) is 0 Å². The summed E-state index contributed by atoms with van der Waals surface area (Å²) in [6.07, 6.45) is 0. The molecule has 0 radical (unpaired) electrons. The molecule has 0 heterocycles. The summed E-state index contributed by atoms with van der Waals surface area (Å²) in [7, 11) is 0. The van der Waals surface area contributed by atoms with Gasteiger partial charge in [0.15, 0.2) is 0 Å². The Labute approximate surface area is 114 Å². The van der Waals surface area contributed by atoms with Gasteiger partial charge in [0, 0.05) is 5.69 Å². The number of amides is 1. The Kier molecular flexibility index (Phi) is 3.87. The third-order valence-corrected chi connectivity index (χ3v) is 2.79. The van der Waals surface area contributed by atoms with Gasteiger partial charge in [0.2, 0.25) is 0 Å². The summed E-state index contributed by atoms with van der Waals surface area (Å²) in [5, 5.41) is 0.435. The maximum absolute atomic E-state index is 13.5. The second-order valence-corrected chi connectivity index (χ2v) is 4.17. The molecule has 4 N–H and O–H groups in total. The third-order valence-electron chi connectivity index (χ3n) is 2.46. The first-order valence-electron chi connectivity index (χ1n) is 5.44. The average molecular weight is 280 g/mol. The summed E-state index contributed by atoms with van der Waals surface area (Å²) in [5.74, 6) is -1.35. The predicted octanol–water partition coefficient (Wildman–Crippen LogP) is 2.82. The first kappa shape index (κ1) is 13.2. The number of rotatable bonds is 3. The van der Waals surface area contributed by atoms with Crippen molar-refractivity contribution in [1.29, 1.82) is 0 Å². The summed E-state index contributed by atoms with van der Waals surface area (Å²) in [4.78, 5) is 11.8. The number of nitrogen functional groups attached to an aromatic ring is 1. The number of nitrogens with two attached hydrogens (primary N) is 1. The molecule has 0 bridgehead atoms. The van der Waals surface area contributed by atoms with Gasteiger partial charge in [-0.05, 0) is 24.3 Å². The van der Waals surface area contributed by atoms with Crippen molar-refractivity contribution in [2.24, 2.45) is 0 Å². The van der Waals surface area contributed by atoms with Crippen molar-refractivity contribution in [1.82, 2.24) is 5.43 Å². The number of anilines is 2. The Balaban J connectivity index is 2.13. The van der Waals surface area contributed by atoms with E-state index in [1.165, 1.54) is 18.2 Å². The van der Waals surface area contributed by atoms with Crippen LogP contribution < -0.4 is 16.6 Å². The quantitative estimate of drug-likeness (QED) is 0.598. The highest BCUT2D eigenvalue weighted by Crippen LogP contribution is 2.20. The molecule has 0 saturated carbocycles. The van der Waals surface area contributed by atoms with Crippen LogP contribution in [-0.2, 0) is 0 Å². The van der Waals surface area contributed by atoms with Gasteiger partial charge in [-0.2, -0.15) is 0 Å². The van der Waals surface area contributed by atoms with Gasteiger partial charge in [-0.15, -0.1) is 0 Å². The van der Waals surface area contributed by atoms with Crippen LogP contribution in [0, 0.1) is 5.82 Å². The molecule has 0 saturated heterocycles. The molecule has 0 aliphatic rings. The molecule has 0 aliphatic heterocycles. The minimum Gasteiger partial charge on any atom is -0.398 e. The molecule has 0 unspecified atom stereocenters. The van der Waals surface area contributed by atoms with E-state index >= 15 is 0 Å². The molecule has 0 aromatic heterocycles. The van der Waals surface area contributed by atoms with Crippen LogP contribution in [0.3, 0.4) is 0 Å². The maximum Gasteiger partial charge on any atom is 0.274 e. The lowest BCUT2D eigenvalue weighted by Crippen LogP contribution is -2.30. The number of carbonyl (C=O) groups is 1. The van der Waals surface area contributed by atoms with E-state index in [2.05, 4.69) is 10.9 Å². The van der Waals surface area contributed by atoms with E-state index in [4.69, 9.17) is 17.3 Å². The van der Waals surface area contributed by atoms with Gasteiger partial charge in [0.05, 0.1) is 16.3 Å². The Morgan fingerprint density at radius 1 is 1.16 bits per heavy atom. The Hall–Kier alpha value is -2.27. The highest BCUT2D eigenvalue weighted by atomic mass is 35.5. The first-order chi connectivity index (χ1) is 9.09. The van der Waals surface area contributed by atoms with Gasteiger partial charge < -0.3 is 5.73 Å². The lowest BCUT2D eigenvalue weighted by atomic mass is 10.1. The monoisotopic (exact) mass is 279 g/mol. The summed E-state index contributed by atoms with van der Waals surface area (Å²) < 4.78 is 13.5. The van der Waals surface area contributed by atoms with Crippen LogP contribution in [0.5, 0.6) is 0 Å². The molecule has 4 nitrogen and oxygen atoms in total. The van der Waals surface area contributed by atoms with E-state index < -0.39 is 11.7 Å². The maximum atomic E-state index is 13.5. The van der Waals surface area contributed by atoms with Crippen LogP contribution in [0.15, 0.2) is 42.5 Å². The van der Waals surface area contributed by atoms with Crippen molar-refractivity contribution in [3.05, 3.63) is 58.9 Å². The van der Waals surface area contributed by atoms with Crippen molar-refractivity contribution >= 4 is 28.9 Å². The van der Waals surface area contributed by atoms with Gasteiger partial charge in [0.1, 0.15) is 5.82 Å². The molecule has 0 spiro atoms. The Morgan fingerprint density at radius 3 is 2.58 bits per heavy atom. The van der Waals surface area contributed by atoms with E-state index in [-0.39, 0.29) is 11.3 Å². The van der Waals surface area contributed by atoms with Gasteiger partial charge >= 0.3 is 0 Å². The Bertz CT molecular complexity index is 598. The average Bonchev–Trinajstić information content (AvgIpc) is 2.37. The summed E-state index contributed by atoms with van der Waals surface area (Å²) in [5.41, 5.74) is 10.9. The molecule has 6 heteroatoms. The van der Waals surface area contributed by atoms with Gasteiger partial charge in [-0.25, -0.2) is 4.39 Å². The number of para-hydroxylation sites is 1. The number of carbonyl (C=O) groups excluding carboxylic acids is 1. The van der Waals surface area contributed by atoms with E-state index in [0.717, 1.165) is 0 Å². The molecule has 0 fully saturated rings. The zero-order chi connectivity index (χ0) is 13.8. The molecule has 2 rings (SSSR count). The van der Waals surface area contributed by atoms with E-state index in [0.29, 0.717) is 10.7 Å². The van der Waals surface area contributed by atoms with Crippen LogP contribution in [0.1, 0.15) is 10.4 Å². The van der Waals surface area contributed by atoms with Crippen LogP contribution in [0.2, 0.25) is 5.02 Å². The predicted molar refractivity (Wildman–Crippen MR) is 73.4 cm³/mol. The van der Waals surface area contributed by atoms with Gasteiger partial charge in [-0.3, -0.25) is 15.6 Å². The number of hydrazine groups is 1. The number of nitrogens with one attached hydrogen (secondary N) is 2. The standard InChI is InChI=1S/C13H11ClFN3O/c14-8-4-1-2-7-11(8)17-18-13(19)12-9(15)5-3-6-10(12)16/h1-7,17H,16H2,(H,18,19). The molecule has 19 heavy (non-hydrogen) atoms. The van der Waals surface area contributed by atoms with Crippen LogP contribution >= 0.6 is 11.6 Å². The van der Waals surface area contributed by atoms with Crippen molar-refractivity contribution in [2.45, 2.75) is 0 Å². The molecule has 98 valence electrons. The smallest absolute Gasteiger partial charge is 0.274 e. The van der Waals surface area contributed by atoms with Crippen LogP contribution in [0.25, 0.3) is 0 Å². The Morgan fingerprint density at radius 2 is 1.89 bits per heavy atom. The number of benzene rings is 2. The first-order valence-corrected chi connectivity index (χ1v) is 5.82. The number of hydrogen-bond acceptors (Lipinski definition) is 3. The number of halogens is 2. The second-order valence-electron chi connectivity index (χ2n) is 3.76. The molecular formula is C13H11ClFN3O. The normalized spacial score (nSPS) is 10.0. The summed E-state index contributed by atoms with van der Waals surface area (Å²) >= 11 is 5.90. The molecular weight excluding hydrogens is 269 g/mol. The van der Waals surface area contributed by atoms with Crippen molar-refractivity contribution in [3.8, 4) is 0 Å². The highest BCUT2D eigenvalue weighted by Gasteiger charge is 2.14. The fourth-order valence-corrected chi connectivity index (χ4v) is 1.71.